The Morgan fingerprint density at radius 2 is 1.79 bits per heavy atom. The number of hydrogen-bond acceptors (Lipinski definition) is 3. The molecule has 1 aromatic heterocycles. The summed E-state index contributed by atoms with van der Waals surface area (Å²) in [6.45, 7) is 1.91. The van der Waals surface area contributed by atoms with Gasteiger partial charge in [0, 0.05) is 31.9 Å². The minimum absolute atomic E-state index is 0.0874. The van der Waals surface area contributed by atoms with Gasteiger partial charge in [0.2, 0.25) is 0 Å². The highest BCUT2D eigenvalue weighted by atomic mass is 35.5. The van der Waals surface area contributed by atoms with Crippen LogP contribution < -0.4 is 4.90 Å². The molecule has 0 unspecified atom stereocenters. The zero-order chi connectivity index (χ0) is 17.3. The number of rotatable bonds is 2. The Morgan fingerprint density at radius 1 is 1.08 bits per heavy atom. The predicted octanol–water partition coefficient (Wildman–Crippen LogP) is 4.38. The Hall–Kier alpha value is -1.73. The molecule has 0 spiro atoms. The minimum Gasteiger partial charge on any atom is -0.368 e. The van der Waals surface area contributed by atoms with Crippen LogP contribution in [0.4, 0.5) is 18.9 Å². The summed E-state index contributed by atoms with van der Waals surface area (Å²) in [7, 11) is 0. The number of amides is 1. The van der Waals surface area contributed by atoms with E-state index >= 15 is 0 Å². The summed E-state index contributed by atoms with van der Waals surface area (Å²) in [6, 6.07) is 8.64. The minimum atomic E-state index is -4.35. The lowest BCUT2D eigenvalue weighted by Gasteiger charge is -2.36. The van der Waals surface area contributed by atoms with Crippen molar-refractivity contribution in [3.63, 3.8) is 0 Å². The van der Waals surface area contributed by atoms with Crippen molar-refractivity contribution < 1.29 is 18.0 Å². The lowest BCUT2D eigenvalue weighted by Crippen LogP contribution is -2.48. The van der Waals surface area contributed by atoms with Gasteiger partial charge in [0.05, 0.1) is 14.8 Å². The van der Waals surface area contributed by atoms with Crippen LogP contribution >= 0.6 is 22.9 Å². The molecule has 24 heavy (non-hydrogen) atoms. The van der Waals surface area contributed by atoms with E-state index < -0.39 is 11.7 Å². The third-order valence-electron chi connectivity index (χ3n) is 3.89. The van der Waals surface area contributed by atoms with Crippen LogP contribution in [0, 0.1) is 0 Å². The fraction of sp³-hybridized carbons (Fsp3) is 0.312. The molecule has 0 N–H and O–H groups in total. The number of piperazine rings is 1. The van der Waals surface area contributed by atoms with Crippen molar-refractivity contribution in [2.75, 3.05) is 31.1 Å². The largest absolute Gasteiger partial charge is 0.416 e. The molecule has 1 aromatic carbocycles. The quantitative estimate of drug-likeness (QED) is 0.778. The number of nitrogens with zero attached hydrogens (tertiary/aromatic N) is 2. The molecule has 0 aliphatic carbocycles. The van der Waals surface area contributed by atoms with Crippen LogP contribution in [0.3, 0.4) is 0 Å². The van der Waals surface area contributed by atoms with Crippen molar-refractivity contribution in [1.82, 2.24) is 4.90 Å². The molecule has 8 heteroatoms. The number of alkyl halides is 3. The summed E-state index contributed by atoms with van der Waals surface area (Å²) < 4.78 is 39.0. The van der Waals surface area contributed by atoms with Gasteiger partial charge in [-0.15, -0.1) is 11.3 Å². The number of thiophene rings is 1. The number of carbonyl (C=O) groups excluding carboxylic acids is 1. The first-order valence-electron chi connectivity index (χ1n) is 7.31. The Bertz CT molecular complexity index is 739. The lowest BCUT2D eigenvalue weighted by molar-refractivity contribution is -0.137. The zero-order valence-electron chi connectivity index (χ0n) is 12.5. The van der Waals surface area contributed by atoms with Gasteiger partial charge in [0.15, 0.2) is 0 Å². The first kappa shape index (κ1) is 17.1. The van der Waals surface area contributed by atoms with Gasteiger partial charge in [-0.2, -0.15) is 13.2 Å². The summed E-state index contributed by atoms with van der Waals surface area (Å²) in [5, 5.41) is 0. The number of anilines is 1. The molecule has 0 bridgehead atoms. The van der Waals surface area contributed by atoms with Gasteiger partial charge in [-0.1, -0.05) is 17.7 Å². The second-order valence-corrected chi connectivity index (χ2v) is 7.15. The van der Waals surface area contributed by atoms with Gasteiger partial charge < -0.3 is 9.80 Å². The van der Waals surface area contributed by atoms with Crippen molar-refractivity contribution in [2.45, 2.75) is 6.18 Å². The fourth-order valence-corrected chi connectivity index (χ4v) is 3.64. The average Bonchev–Trinajstić information content (AvgIpc) is 3.00. The second-order valence-electron chi connectivity index (χ2n) is 5.43. The van der Waals surface area contributed by atoms with Crippen LogP contribution in [0.25, 0.3) is 0 Å². The molecule has 2 heterocycles. The van der Waals surface area contributed by atoms with Crippen LogP contribution in [0.15, 0.2) is 36.4 Å². The molecule has 1 amide bonds. The third-order valence-corrected chi connectivity index (χ3v) is 5.11. The molecular weight excluding hydrogens is 361 g/mol. The smallest absolute Gasteiger partial charge is 0.368 e. The van der Waals surface area contributed by atoms with Crippen molar-refractivity contribution in [3.05, 3.63) is 51.2 Å². The summed E-state index contributed by atoms with van der Waals surface area (Å²) in [5.41, 5.74) is -0.136. The van der Waals surface area contributed by atoms with Crippen molar-refractivity contribution >= 4 is 34.5 Å². The number of carbonyl (C=O) groups is 1. The monoisotopic (exact) mass is 374 g/mol. The Kier molecular flexibility index (Phi) is 4.73. The molecule has 0 saturated carbocycles. The van der Waals surface area contributed by atoms with E-state index in [1.165, 1.54) is 17.4 Å². The van der Waals surface area contributed by atoms with E-state index in [1.54, 1.807) is 23.1 Å². The van der Waals surface area contributed by atoms with Gasteiger partial charge in [-0.05, 0) is 30.3 Å². The molecule has 3 nitrogen and oxygen atoms in total. The number of hydrogen-bond donors (Lipinski definition) is 0. The molecule has 1 aliphatic rings. The molecule has 2 aromatic rings. The highest BCUT2D eigenvalue weighted by molar-refractivity contribution is 7.17. The number of benzene rings is 1. The average molecular weight is 375 g/mol. The molecule has 0 radical (unpaired) electrons. The molecule has 128 valence electrons. The molecule has 1 saturated heterocycles. The SMILES string of the molecule is O=C(c1ccc(Cl)s1)N1CCN(c2cccc(C(F)(F)F)c2)CC1. The highest BCUT2D eigenvalue weighted by Crippen LogP contribution is 2.32. The predicted molar refractivity (Wildman–Crippen MR) is 88.9 cm³/mol. The van der Waals surface area contributed by atoms with Crippen molar-refractivity contribution in [1.29, 1.82) is 0 Å². The van der Waals surface area contributed by atoms with E-state index in [4.69, 9.17) is 11.6 Å². The Morgan fingerprint density at radius 3 is 2.38 bits per heavy atom. The van der Waals surface area contributed by atoms with Crippen LogP contribution in [0.1, 0.15) is 15.2 Å². The lowest BCUT2D eigenvalue weighted by atomic mass is 10.1. The normalized spacial score (nSPS) is 15.7. The van der Waals surface area contributed by atoms with E-state index in [2.05, 4.69) is 0 Å². The first-order valence-corrected chi connectivity index (χ1v) is 8.51. The van der Waals surface area contributed by atoms with Gasteiger partial charge in [0.25, 0.3) is 5.91 Å². The van der Waals surface area contributed by atoms with Gasteiger partial charge in [0.1, 0.15) is 0 Å². The van der Waals surface area contributed by atoms with Crippen LogP contribution in [0.5, 0.6) is 0 Å². The summed E-state index contributed by atoms with van der Waals surface area (Å²) >= 11 is 7.07. The van der Waals surface area contributed by atoms with Crippen LogP contribution in [-0.2, 0) is 6.18 Å². The van der Waals surface area contributed by atoms with Crippen molar-refractivity contribution in [3.8, 4) is 0 Å². The molecule has 1 aliphatic heterocycles. The fourth-order valence-electron chi connectivity index (χ4n) is 2.63. The molecule has 1 fully saturated rings. The number of halogens is 4. The molecule has 0 atom stereocenters. The van der Waals surface area contributed by atoms with Gasteiger partial charge >= 0.3 is 6.18 Å². The van der Waals surface area contributed by atoms with Crippen LogP contribution in [0.2, 0.25) is 4.34 Å². The van der Waals surface area contributed by atoms with Crippen molar-refractivity contribution in [2.24, 2.45) is 0 Å². The maximum absolute atomic E-state index is 12.8. The summed E-state index contributed by atoms with van der Waals surface area (Å²) in [6.07, 6.45) is -4.35. The summed E-state index contributed by atoms with van der Waals surface area (Å²) in [5.74, 6) is -0.0874. The van der Waals surface area contributed by atoms with E-state index in [0.717, 1.165) is 12.1 Å². The maximum atomic E-state index is 12.8. The zero-order valence-corrected chi connectivity index (χ0v) is 14.1. The molecular formula is C16H14ClF3N2OS. The van der Waals surface area contributed by atoms with Gasteiger partial charge in [-0.25, -0.2) is 0 Å². The van der Waals surface area contributed by atoms with Crippen LogP contribution in [-0.4, -0.2) is 37.0 Å². The Labute approximate surface area is 146 Å². The van der Waals surface area contributed by atoms with Gasteiger partial charge in [-0.3, -0.25) is 4.79 Å². The van der Waals surface area contributed by atoms with E-state index in [0.29, 0.717) is 41.1 Å². The second kappa shape index (κ2) is 6.64. The maximum Gasteiger partial charge on any atom is 0.416 e. The van der Waals surface area contributed by atoms with E-state index in [1.807, 2.05) is 4.90 Å². The molecule has 3 rings (SSSR count). The topological polar surface area (TPSA) is 23.6 Å². The highest BCUT2D eigenvalue weighted by Gasteiger charge is 2.31. The third kappa shape index (κ3) is 3.67. The van der Waals surface area contributed by atoms with E-state index in [9.17, 15) is 18.0 Å². The Balaban J connectivity index is 1.66. The first-order chi connectivity index (χ1) is 11.3. The standard InChI is InChI=1S/C16H14ClF3N2OS/c17-14-5-4-13(24-14)15(23)22-8-6-21(7-9-22)12-3-1-2-11(10-12)16(18,19)20/h1-5,10H,6-9H2. The summed E-state index contributed by atoms with van der Waals surface area (Å²) in [4.78, 5) is 16.5. The van der Waals surface area contributed by atoms with E-state index in [-0.39, 0.29) is 5.91 Å².